The van der Waals surface area contributed by atoms with Crippen molar-refractivity contribution in [2.45, 2.75) is 32.2 Å². The Morgan fingerprint density at radius 3 is 2.84 bits per heavy atom. The third-order valence-corrected chi connectivity index (χ3v) is 5.03. The molecule has 1 amide bonds. The number of rotatable bonds is 8. The highest BCUT2D eigenvalue weighted by atomic mass is 127. The van der Waals surface area contributed by atoms with Crippen LogP contribution < -0.4 is 16.4 Å². The highest BCUT2D eigenvalue weighted by Gasteiger charge is 2.20. The van der Waals surface area contributed by atoms with Gasteiger partial charge in [0, 0.05) is 42.7 Å². The summed E-state index contributed by atoms with van der Waals surface area (Å²) in [6.45, 7) is 5.32. The molecule has 0 bridgehead atoms. The number of aliphatic imine (C=N–C) groups is 1. The number of carbonyl (C=O) groups is 1. The first kappa shape index (κ1) is 25.3. The van der Waals surface area contributed by atoms with E-state index in [1.807, 2.05) is 19.1 Å². The number of hydrogen-bond acceptors (Lipinski definition) is 6. The molecule has 11 heteroatoms. The zero-order chi connectivity index (χ0) is 21.3. The van der Waals surface area contributed by atoms with E-state index < -0.39 is 0 Å². The van der Waals surface area contributed by atoms with E-state index in [4.69, 9.17) is 21.9 Å². The molecule has 1 saturated heterocycles. The van der Waals surface area contributed by atoms with Crippen LogP contribution in [-0.2, 0) is 11.2 Å². The zero-order valence-electron chi connectivity index (χ0n) is 17.5. The molecule has 2 aromatic rings. The first-order valence-corrected chi connectivity index (χ1v) is 10.6. The Morgan fingerprint density at radius 1 is 1.39 bits per heavy atom. The first-order chi connectivity index (χ1) is 14.5. The molecular formula is C20H29ClIN7O2. The van der Waals surface area contributed by atoms with Crippen molar-refractivity contribution in [3.05, 3.63) is 35.2 Å². The number of hydrogen-bond donors (Lipinski definition) is 3. The zero-order valence-corrected chi connectivity index (χ0v) is 20.6. The number of piperidine rings is 1. The van der Waals surface area contributed by atoms with Gasteiger partial charge in [0.1, 0.15) is 0 Å². The average molecular weight is 562 g/mol. The van der Waals surface area contributed by atoms with E-state index >= 15 is 0 Å². The van der Waals surface area contributed by atoms with Crippen LogP contribution in [0.25, 0.3) is 11.4 Å². The van der Waals surface area contributed by atoms with Crippen LogP contribution in [0.2, 0.25) is 5.02 Å². The maximum absolute atomic E-state index is 11.1. The standard InChI is InChI=1S/C20H28ClN7O2.HI/c1-2-23-20(25-16-7-10-28(11-8-16)13-17(22)29)24-9-6-18-26-19(27-30-18)14-4-3-5-15(21)12-14;/h3-5,12,16H,2,6-11,13H2,1H3,(H2,22,29)(H2,23,24,25);1H. The van der Waals surface area contributed by atoms with Crippen molar-refractivity contribution >= 4 is 47.4 Å². The molecular weight excluding hydrogens is 533 g/mol. The van der Waals surface area contributed by atoms with Crippen LogP contribution in [0, 0.1) is 0 Å². The lowest BCUT2D eigenvalue weighted by Gasteiger charge is -2.32. The summed E-state index contributed by atoms with van der Waals surface area (Å²) in [6.07, 6.45) is 2.41. The van der Waals surface area contributed by atoms with Gasteiger partial charge in [0.15, 0.2) is 5.96 Å². The lowest BCUT2D eigenvalue weighted by molar-refractivity contribution is -0.119. The minimum absolute atomic E-state index is 0. The molecule has 2 heterocycles. The SMILES string of the molecule is CCNC(=NCCc1nc(-c2cccc(Cl)c2)no1)NC1CCN(CC(N)=O)CC1.I. The summed E-state index contributed by atoms with van der Waals surface area (Å²) in [4.78, 5) is 22.2. The highest BCUT2D eigenvalue weighted by Crippen LogP contribution is 2.20. The summed E-state index contributed by atoms with van der Waals surface area (Å²) in [6, 6.07) is 7.66. The highest BCUT2D eigenvalue weighted by molar-refractivity contribution is 14.0. The van der Waals surface area contributed by atoms with Gasteiger partial charge in [0.05, 0.1) is 13.1 Å². The molecule has 0 aliphatic carbocycles. The van der Waals surface area contributed by atoms with Gasteiger partial charge in [-0.3, -0.25) is 14.7 Å². The maximum atomic E-state index is 11.1. The van der Waals surface area contributed by atoms with Crippen LogP contribution in [-0.4, -0.2) is 65.7 Å². The quantitative estimate of drug-likeness (QED) is 0.256. The van der Waals surface area contributed by atoms with Gasteiger partial charge < -0.3 is 20.9 Å². The second-order valence-corrected chi connectivity index (χ2v) is 7.63. The van der Waals surface area contributed by atoms with Gasteiger partial charge in [-0.2, -0.15) is 4.98 Å². The van der Waals surface area contributed by atoms with Crippen LogP contribution >= 0.6 is 35.6 Å². The van der Waals surface area contributed by atoms with E-state index in [1.54, 1.807) is 12.1 Å². The Kier molecular flexibility index (Phi) is 10.5. The summed E-state index contributed by atoms with van der Waals surface area (Å²) < 4.78 is 5.34. The minimum atomic E-state index is -0.282. The fraction of sp³-hybridized carbons (Fsp3) is 0.500. The first-order valence-electron chi connectivity index (χ1n) is 10.2. The largest absolute Gasteiger partial charge is 0.369 e. The van der Waals surface area contributed by atoms with Crippen LogP contribution in [0.4, 0.5) is 0 Å². The second kappa shape index (κ2) is 12.8. The number of likely N-dealkylation sites (tertiary alicyclic amines) is 1. The summed E-state index contributed by atoms with van der Waals surface area (Å²) >= 11 is 6.02. The van der Waals surface area contributed by atoms with Crippen molar-refractivity contribution in [1.29, 1.82) is 0 Å². The summed E-state index contributed by atoms with van der Waals surface area (Å²) in [5.74, 6) is 1.53. The third kappa shape index (κ3) is 8.26. The van der Waals surface area contributed by atoms with Crippen LogP contribution in [0.5, 0.6) is 0 Å². The number of nitrogens with two attached hydrogens (primary N) is 1. The Morgan fingerprint density at radius 2 is 2.16 bits per heavy atom. The van der Waals surface area contributed by atoms with E-state index in [2.05, 4.69) is 30.7 Å². The Hall–Kier alpha value is -1.92. The summed E-state index contributed by atoms with van der Waals surface area (Å²) in [5.41, 5.74) is 6.09. The normalized spacial score (nSPS) is 15.4. The number of carbonyl (C=O) groups excluding carboxylic acids is 1. The van der Waals surface area contributed by atoms with Gasteiger partial charge in [0.2, 0.25) is 17.6 Å². The smallest absolute Gasteiger partial charge is 0.231 e. The number of primary amides is 1. The van der Waals surface area contributed by atoms with E-state index in [9.17, 15) is 4.79 Å². The molecule has 1 aliphatic rings. The molecule has 0 saturated carbocycles. The van der Waals surface area contributed by atoms with Crippen molar-refractivity contribution in [3.63, 3.8) is 0 Å². The number of guanidine groups is 1. The van der Waals surface area contributed by atoms with Crippen LogP contribution in [0.3, 0.4) is 0 Å². The average Bonchev–Trinajstić information content (AvgIpc) is 3.18. The monoisotopic (exact) mass is 561 g/mol. The molecule has 1 aromatic carbocycles. The van der Waals surface area contributed by atoms with Gasteiger partial charge in [-0.15, -0.1) is 24.0 Å². The number of benzene rings is 1. The predicted molar refractivity (Wildman–Crippen MR) is 132 cm³/mol. The molecule has 0 spiro atoms. The molecule has 1 fully saturated rings. The van der Waals surface area contributed by atoms with Gasteiger partial charge in [-0.25, -0.2) is 0 Å². The van der Waals surface area contributed by atoms with Crippen LogP contribution in [0.1, 0.15) is 25.7 Å². The van der Waals surface area contributed by atoms with Gasteiger partial charge in [0.25, 0.3) is 0 Å². The van der Waals surface area contributed by atoms with Gasteiger partial charge >= 0.3 is 0 Å². The molecule has 3 rings (SSSR count). The lowest BCUT2D eigenvalue weighted by Crippen LogP contribution is -2.49. The van der Waals surface area contributed by atoms with Gasteiger partial charge in [-0.05, 0) is 31.9 Å². The van der Waals surface area contributed by atoms with Crippen LogP contribution in [0.15, 0.2) is 33.8 Å². The number of aromatic nitrogens is 2. The molecule has 1 aromatic heterocycles. The Balaban J connectivity index is 0.00000341. The number of halogens is 2. The molecule has 0 radical (unpaired) electrons. The van der Waals surface area contributed by atoms with Crippen molar-refractivity contribution in [2.24, 2.45) is 10.7 Å². The van der Waals surface area contributed by atoms with E-state index in [0.717, 1.165) is 44.0 Å². The molecule has 0 atom stereocenters. The van der Waals surface area contributed by atoms with Gasteiger partial charge in [-0.1, -0.05) is 28.9 Å². The third-order valence-electron chi connectivity index (χ3n) is 4.80. The number of nitrogens with zero attached hydrogens (tertiary/aromatic N) is 4. The fourth-order valence-electron chi connectivity index (χ4n) is 3.33. The van der Waals surface area contributed by atoms with E-state index in [0.29, 0.717) is 42.3 Å². The predicted octanol–water partition coefficient (Wildman–Crippen LogP) is 2.06. The van der Waals surface area contributed by atoms with Crippen molar-refractivity contribution in [3.8, 4) is 11.4 Å². The number of amides is 1. The Labute approximate surface area is 204 Å². The number of nitrogens with one attached hydrogen (secondary N) is 2. The molecule has 31 heavy (non-hydrogen) atoms. The van der Waals surface area contributed by atoms with E-state index in [1.165, 1.54) is 0 Å². The molecule has 1 aliphatic heterocycles. The molecule has 9 nitrogen and oxygen atoms in total. The Bertz CT molecular complexity index is 869. The summed E-state index contributed by atoms with van der Waals surface area (Å²) in [5, 5.41) is 11.4. The summed E-state index contributed by atoms with van der Waals surface area (Å²) in [7, 11) is 0. The van der Waals surface area contributed by atoms with Crippen molar-refractivity contribution in [2.75, 3.05) is 32.7 Å². The minimum Gasteiger partial charge on any atom is -0.369 e. The molecule has 170 valence electrons. The second-order valence-electron chi connectivity index (χ2n) is 7.19. The molecule has 4 N–H and O–H groups in total. The lowest BCUT2D eigenvalue weighted by atomic mass is 10.1. The molecule has 0 unspecified atom stereocenters. The van der Waals surface area contributed by atoms with E-state index in [-0.39, 0.29) is 29.9 Å². The maximum Gasteiger partial charge on any atom is 0.231 e. The fourth-order valence-corrected chi connectivity index (χ4v) is 3.52. The topological polar surface area (TPSA) is 122 Å². The van der Waals surface area contributed by atoms with Crippen molar-refractivity contribution in [1.82, 2.24) is 25.7 Å². The van der Waals surface area contributed by atoms with Crippen molar-refractivity contribution < 1.29 is 9.32 Å².